The average Bonchev–Trinajstić information content (AvgIpc) is 3.14. The van der Waals surface area contributed by atoms with E-state index in [9.17, 15) is 33.5 Å². The molecular formula is C26H24Cl3N3O10S. The van der Waals surface area contributed by atoms with Gasteiger partial charge in [0, 0.05) is 12.1 Å². The molecule has 0 spiro atoms. The highest BCUT2D eigenvalue weighted by atomic mass is 35.6. The van der Waals surface area contributed by atoms with E-state index in [1.165, 1.54) is 38.1 Å². The molecule has 3 unspecified atom stereocenters. The van der Waals surface area contributed by atoms with Crippen LogP contribution in [0, 0.1) is 10.1 Å². The van der Waals surface area contributed by atoms with Crippen molar-refractivity contribution >= 4 is 75.2 Å². The number of fused-ring (bicyclic) bond motifs is 1. The summed E-state index contributed by atoms with van der Waals surface area (Å²) in [5, 5.41) is 9.60. The van der Waals surface area contributed by atoms with Gasteiger partial charge in [-0.3, -0.25) is 23.9 Å². The number of rotatable bonds is 9. The number of hydrogen-bond donors (Lipinski definition) is 0. The number of benzene rings is 2. The van der Waals surface area contributed by atoms with Crippen LogP contribution in [0.3, 0.4) is 0 Å². The van der Waals surface area contributed by atoms with Crippen molar-refractivity contribution in [2.24, 2.45) is 0 Å². The minimum absolute atomic E-state index is 0.150. The first-order chi connectivity index (χ1) is 20.1. The summed E-state index contributed by atoms with van der Waals surface area (Å²) in [5.41, 5.74) is 0.287. The molecule has 17 heteroatoms. The Kier molecular flexibility index (Phi) is 9.54. The summed E-state index contributed by atoms with van der Waals surface area (Å²) in [4.78, 5) is 64.8. The summed E-state index contributed by atoms with van der Waals surface area (Å²) < 4.78 is 26.0. The van der Waals surface area contributed by atoms with Gasteiger partial charge in [0.2, 0.25) is 3.79 Å². The molecule has 0 radical (unpaired) electrons. The van der Waals surface area contributed by atoms with Gasteiger partial charge in [-0.15, -0.1) is 0 Å². The molecule has 4 rings (SSSR count). The van der Waals surface area contributed by atoms with Gasteiger partial charge in [0.25, 0.3) is 17.5 Å². The Morgan fingerprint density at radius 3 is 2.28 bits per heavy atom. The van der Waals surface area contributed by atoms with Crippen molar-refractivity contribution in [1.29, 1.82) is 0 Å². The number of nitrogens with zero attached hydrogens (tertiary/aromatic N) is 3. The first kappa shape index (κ1) is 32.5. The van der Waals surface area contributed by atoms with Crippen LogP contribution in [-0.2, 0) is 41.3 Å². The van der Waals surface area contributed by atoms with Crippen molar-refractivity contribution in [2.45, 2.75) is 46.5 Å². The Morgan fingerprint density at radius 2 is 1.70 bits per heavy atom. The van der Waals surface area contributed by atoms with E-state index in [2.05, 4.69) is 0 Å². The van der Waals surface area contributed by atoms with E-state index in [1.807, 2.05) is 0 Å². The summed E-state index contributed by atoms with van der Waals surface area (Å²) >= 11 is 17.0. The van der Waals surface area contributed by atoms with Crippen molar-refractivity contribution in [1.82, 2.24) is 9.80 Å². The lowest BCUT2D eigenvalue weighted by atomic mass is 9.95. The molecule has 0 aliphatic carbocycles. The van der Waals surface area contributed by atoms with Gasteiger partial charge in [0.1, 0.15) is 30.4 Å². The van der Waals surface area contributed by atoms with Crippen molar-refractivity contribution in [2.75, 3.05) is 13.2 Å². The predicted octanol–water partition coefficient (Wildman–Crippen LogP) is 3.50. The molecule has 0 N–H and O–H groups in total. The summed E-state index contributed by atoms with van der Waals surface area (Å²) in [6.07, 6.45) is -1.34. The maximum Gasteiger partial charge on any atom is 0.417 e. The van der Waals surface area contributed by atoms with Crippen LogP contribution in [0.15, 0.2) is 54.6 Å². The fourth-order valence-electron chi connectivity index (χ4n) is 4.62. The Bertz CT molecular complexity index is 1450. The third-order valence-electron chi connectivity index (χ3n) is 6.69. The maximum absolute atomic E-state index is 13.6. The monoisotopic (exact) mass is 675 g/mol. The number of hydrogen-bond acceptors (Lipinski definition) is 10. The number of nitro groups is 1. The molecule has 0 aromatic heterocycles. The molecule has 43 heavy (non-hydrogen) atoms. The third-order valence-corrected chi connectivity index (χ3v) is 9.20. The zero-order chi connectivity index (χ0) is 31.7. The second kappa shape index (κ2) is 12.6. The maximum atomic E-state index is 13.6. The van der Waals surface area contributed by atoms with Gasteiger partial charge < -0.3 is 19.1 Å². The highest BCUT2D eigenvalue weighted by Crippen LogP contribution is 2.46. The molecule has 2 fully saturated rings. The van der Waals surface area contributed by atoms with Crippen LogP contribution in [0.25, 0.3) is 0 Å². The van der Waals surface area contributed by atoms with Gasteiger partial charge in [-0.2, -0.15) is 0 Å². The predicted molar refractivity (Wildman–Crippen MR) is 154 cm³/mol. The topological polar surface area (TPSA) is 163 Å². The van der Waals surface area contributed by atoms with Gasteiger partial charge in [-0.05, 0) is 43.7 Å². The lowest BCUT2D eigenvalue weighted by Crippen LogP contribution is -2.73. The second-order valence-electron chi connectivity index (χ2n) is 9.95. The summed E-state index contributed by atoms with van der Waals surface area (Å²) in [6, 6.07) is 10.5. The Labute approximate surface area is 262 Å². The molecule has 3 amide bonds. The number of para-hydroxylation sites is 1. The molecule has 0 bridgehead atoms. The standard InChI is InChI=1S/C26H24Cl3N3O10S/c1-25(2)20(23(35)41-12-15-8-10-16(11-9-15)32(37)38)31-21(34)19(22(31)43(25)39)30(24(36)42-14-26(27,28)29)18(33)13-40-17-6-4-3-5-7-17/h3-11,19-20,22H,12-14H2,1-2H3/t19?,20?,22-,43?/m1/s1. The number of halogens is 3. The average molecular weight is 677 g/mol. The van der Waals surface area contributed by atoms with Crippen molar-refractivity contribution < 1.29 is 42.5 Å². The molecule has 2 aromatic rings. The molecule has 2 aromatic carbocycles. The highest BCUT2D eigenvalue weighted by Gasteiger charge is 2.70. The highest BCUT2D eigenvalue weighted by molar-refractivity contribution is 7.87. The lowest BCUT2D eigenvalue weighted by Gasteiger charge is -2.46. The number of ether oxygens (including phenoxy) is 3. The Hall–Kier alpha value is -3.46. The van der Waals surface area contributed by atoms with Gasteiger partial charge >= 0.3 is 12.1 Å². The molecule has 0 saturated carbocycles. The minimum atomic E-state index is -2.03. The van der Waals surface area contributed by atoms with Crippen molar-refractivity contribution in [3.05, 3.63) is 70.3 Å². The molecule has 4 atom stereocenters. The lowest BCUT2D eigenvalue weighted by molar-refractivity contribution is -0.384. The van der Waals surface area contributed by atoms with E-state index in [0.29, 0.717) is 16.2 Å². The quantitative estimate of drug-likeness (QED) is 0.126. The van der Waals surface area contributed by atoms with Gasteiger partial charge in [0.15, 0.2) is 12.6 Å². The molecule has 2 heterocycles. The molecule has 2 aliphatic heterocycles. The zero-order valence-corrected chi connectivity index (χ0v) is 25.6. The molecule has 2 aliphatic rings. The van der Waals surface area contributed by atoms with E-state index >= 15 is 0 Å². The number of carbonyl (C=O) groups excluding carboxylic acids is 4. The van der Waals surface area contributed by atoms with Crippen LogP contribution >= 0.6 is 34.8 Å². The van der Waals surface area contributed by atoms with Crippen LogP contribution in [-0.4, -0.2) is 82.0 Å². The van der Waals surface area contributed by atoms with Crippen LogP contribution < -0.4 is 4.74 Å². The van der Waals surface area contributed by atoms with Gasteiger partial charge in [-0.25, -0.2) is 14.5 Å². The Morgan fingerprint density at radius 1 is 1.07 bits per heavy atom. The van der Waals surface area contributed by atoms with Crippen molar-refractivity contribution in [3.63, 3.8) is 0 Å². The van der Waals surface area contributed by atoms with Crippen molar-refractivity contribution in [3.8, 4) is 5.75 Å². The summed E-state index contributed by atoms with van der Waals surface area (Å²) in [6.45, 7) is 1.23. The number of non-ortho nitro benzene ring substituents is 1. The summed E-state index contributed by atoms with van der Waals surface area (Å²) in [5.74, 6) is -2.46. The molecule has 13 nitrogen and oxygen atoms in total. The van der Waals surface area contributed by atoms with E-state index in [4.69, 9.17) is 49.0 Å². The van der Waals surface area contributed by atoms with Gasteiger partial charge in [-0.1, -0.05) is 53.0 Å². The van der Waals surface area contributed by atoms with E-state index in [-0.39, 0.29) is 12.3 Å². The largest absolute Gasteiger partial charge is 0.484 e. The first-order valence-electron chi connectivity index (χ1n) is 12.5. The third kappa shape index (κ3) is 6.87. The first-order valence-corrected chi connectivity index (χ1v) is 14.8. The number of alkyl halides is 3. The molecule has 2 saturated heterocycles. The fraction of sp³-hybridized carbons (Fsp3) is 0.385. The van der Waals surface area contributed by atoms with Crippen LogP contribution in [0.2, 0.25) is 0 Å². The SMILES string of the molecule is CC1(C)C(C(=O)OCc2ccc([N+](=O)[O-])cc2)N2C(=O)C(N(C(=O)COc3ccccc3)C(=O)OCC(Cl)(Cl)Cl)[C@H]2S1=O. The number of imide groups is 1. The smallest absolute Gasteiger partial charge is 0.417 e. The minimum Gasteiger partial charge on any atom is -0.484 e. The van der Waals surface area contributed by atoms with E-state index < -0.39 is 78.8 Å². The molecule has 230 valence electrons. The normalized spacial score (nSPS) is 22.2. The molecular weight excluding hydrogens is 653 g/mol. The summed E-state index contributed by atoms with van der Waals surface area (Å²) in [7, 11) is -1.99. The van der Waals surface area contributed by atoms with E-state index in [1.54, 1.807) is 30.3 Å². The van der Waals surface area contributed by atoms with Gasteiger partial charge in [0.05, 0.1) is 20.5 Å². The van der Waals surface area contributed by atoms with E-state index in [0.717, 1.165) is 4.90 Å². The number of β-lactam (4-membered cyclic amide) rings is 1. The van der Waals surface area contributed by atoms with Crippen LogP contribution in [0.1, 0.15) is 19.4 Å². The Balaban J connectivity index is 1.54. The second-order valence-corrected chi connectivity index (χ2v) is 14.6. The number of carbonyl (C=O) groups is 4. The fourth-order valence-corrected chi connectivity index (χ4v) is 6.74. The number of esters is 1. The van der Waals surface area contributed by atoms with Crippen LogP contribution in [0.5, 0.6) is 5.75 Å². The number of amides is 3. The zero-order valence-electron chi connectivity index (χ0n) is 22.5. The number of nitro benzene ring substituents is 1. The van der Waals surface area contributed by atoms with Crippen LogP contribution in [0.4, 0.5) is 10.5 Å².